The van der Waals surface area contributed by atoms with Crippen molar-refractivity contribution in [1.29, 1.82) is 0 Å². The smallest absolute Gasteiger partial charge is 0.148 e. The zero-order valence-corrected chi connectivity index (χ0v) is 12.3. The molecule has 0 aromatic heterocycles. The van der Waals surface area contributed by atoms with Crippen molar-refractivity contribution in [3.8, 4) is 0 Å². The van der Waals surface area contributed by atoms with E-state index in [0.717, 1.165) is 11.1 Å². The molecule has 0 fully saturated rings. The fraction of sp³-hybridized carbons (Fsp3) is 0.333. The van der Waals surface area contributed by atoms with Gasteiger partial charge in [0, 0.05) is 6.42 Å². The van der Waals surface area contributed by atoms with E-state index in [2.05, 4.69) is 0 Å². The van der Waals surface area contributed by atoms with E-state index in [1.807, 2.05) is 60.7 Å². The first-order valence-corrected chi connectivity index (χ1v) is 7.22. The van der Waals surface area contributed by atoms with Crippen LogP contribution in [0.3, 0.4) is 0 Å². The highest BCUT2D eigenvalue weighted by molar-refractivity contribution is 5.17. The van der Waals surface area contributed by atoms with E-state index in [4.69, 9.17) is 9.47 Å². The lowest BCUT2D eigenvalue weighted by Crippen LogP contribution is -2.14. The fourth-order valence-corrected chi connectivity index (χ4v) is 2.14. The minimum atomic E-state index is -0.413. The Labute approximate surface area is 126 Å². The van der Waals surface area contributed by atoms with Crippen molar-refractivity contribution in [2.45, 2.75) is 32.2 Å². The predicted molar refractivity (Wildman–Crippen MR) is 82.7 cm³/mol. The third-order valence-corrected chi connectivity index (χ3v) is 3.19. The quantitative estimate of drug-likeness (QED) is 0.594. The van der Waals surface area contributed by atoms with Gasteiger partial charge in [-0.1, -0.05) is 60.7 Å². The number of benzene rings is 2. The Morgan fingerprint density at radius 2 is 1.57 bits per heavy atom. The number of hydrogen-bond acceptors (Lipinski definition) is 3. The van der Waals surface area contributed by atoms with Gasteiger partial charge in [0.2, 0.25) is 0 Å². The van der Waals surface area contributed by atoms with Crippen LogP contribution < -0.4 is 0 Å². The second-order valence-corrected chi connectivity index (χ2v) is 5.10. The van der Waals surface area contributed by atoms with E-state index in [9.17, 15) is 5.11 Å². The van der Waals surface area contributed by atoms with Crippen LogP contribution in [0.5, 0.6) is 0 Å². The third kappa shape index (κ3) is 5.68. The van der Waals surface area contributed by atoms with E-state index >= 15 is 0 Å². The lowest BCUT2D eigenvalue weighted by Gasteiger charge is -2.19. The molecule has 2 aromatic rings. The summed E-state index contributed by atoms with van der Waals surface area (Å²) < 4.78 is 11.3. The molecule has 0 saturated carbocycles. The maximum atomic E-state index is 9.60. The van der Waals surface area contributed by atoms with E-state index in [0.29, 0.717) is 13.0 Å². The molecule has 0 bridgehead atoms. The second kappa shape index (κ2) is 8.57. The van der Waals surface area contributed by atoms with Crippen LogP contribution >= 0.6 is 0 Å². The number of hydrogen-bond donors (Lipinski definition) is 1. The van der Waals surface area contributed by atoms with Crippen LogP contribution in [0.2, 0.25) is 0 Å². The molecule has 21 heavy (non-hydrogen) atoms. The van der Waals surface area contributed by atoms with Crippen LogP contribution in [0.1, 0.15) is 30.6 Å². The normalized spacial score (nSPS) is 13.8. The first-order chi connectivity index (χ1) is 10.3. The van der Waals surface area contributed by atoms with Gasteiger partial charge in [-0.05, 0) is 18.1 Å². The van der Waals surface area contributed by atoms with Gasteiger partial charge in [-0.15, -0.1) is 0 Å². The highest BCUT2D eigenvalue weighted by atomic mass is 16.7. The second-order valence-electron chi connectivity index (χ2n) is 5.10. The molecule has 0 aliphatic carbocycles. The van der Waals surface area contributed by atoms with Crippen molar-refractivity contribution in [3.05, 3.63) is 71.8 Å². The number of aliphatic hydroxyl groups is 1. The molecule has 3 nitrogen and oxygen atoms in total. The summed E-state index contributed by atoms with van der Waals surface area (Å²) in [6, 6.07) is 19.9. The zero-order valence-electron chi connectivity index (χ0n) is 12.3. The van der Waals surface area contributed by atoms with Crippen LogP contribution in [0.25, 0.3) is 0 Å². The van der Waals surface area contributed by atoms with Crippen molar-refractivity contribution in [2.24, 2.45) is 0 Å². The van der Waals surface area contributed by atoms with Gasteiger partial charge in [0.15, 0.2) is 0 Å². The highest BCUT2D eigenvalue weighted by Crippen LogP contribution is 2.22. The maximum Gasteiger partial charge on any atom is 0.148 e. The molecular formula is C18H22O3. The number of ether oxygens (including phenoxy) is 2. The Morgan fingerprint density at radius 1 is 0.952 bits per heavy atom. The Morgan fingerprint density at radius 3 is 2.19 bits per heavy atom. The first-order valence-electron chi connectivity index (χ1n) is 7.22. The number of rotatable bonds is 8. The van der Waals surface area contributed by atoms with Gasteiger partial charge in [-0.25, -0.2) is 0 Å². The van der Waals surface area contributed by atoms with Gasteiger partial charge in [0.25, 0.3) is 0 Å². The highest BCUT2D eigenvalue weighted by Gasteiger charge is 2.14. The first kappa shape index (κ1) is 15.7. The van der Waals surface area contributed by atoms with Crippen molar-refractivity contribution in [1.82, 2.24) is 0 Å². The average Bonchev–Trinajstić information content (AvgIpc) is 2.52. The molecule has 2 aromatic carbocycles. The molecule has 3 heteroatoms. The topological polar surface area (TPSA) is 38.7 Å². The van der Waals surface area contributed by atoms with Crippen molar-refractivity contribution in [3.63, 3.8) is 0 Å². The molecule has 0 radical (unpaired) electrons. The minimum Gasteiger partial charge on any atom is -0.393 e. The maximum absolute atomic E-state index is 9.60. The van der Waals surface area contributed by atoms with E-state index < -0.39 is 6.10 Å². The van der Waals surface area contributed by atoms with Gasteiger partial charge < -0.3 is 14.6 Å². The monoisotopic (exact) mass is 286 g/mol. The van der Waals surface area contributed by atoms with Gasteiger partial charge >= 0.3 is 0 Å². The van der Waals surface area contributed by atoms with Crippen LogP contribution in [0.4, 0.5) is 0 Å². The summed E-state index contributed by atoms with van der Waals surface area (Å²) in [5.74, 6) is 0. The van der Waals surface area contributed by atoms with Crippen LogP contribution in [-0.4, -0.2) is 18.0 Å². The summed E-state index contributed by atoms with van der Waals surface area (Å²) in [5, 5.41) is 9.60. The van der Waals surface area contributed by atoms with Crippen molar-refractivity contribution >= 4 is 0 Å². The molecular weight excluding hydrogens is 264 g/mol. The predicted octanol–water partition coefficient (Wildman–Crippen LogP) is 3.69. The van der Waals surface area contributed by atoms with Crippen LogP contribution in [-0.2, 0) is 16.1 Å². The molecule has 2 rings (SSSR count). The summed E-state index contributed by atoms with van der Waals surface area (Å²) in [5.41, 5.74) is 2.18. The standard InChI is InChI=1S/C18H22O3/c1-15(19)12-18(17-10-6-3-7-11-17)21-14-20-13-16-8-4-2-5-9-16/h2-11,15,18-19H,12-14H2,1H3/t15-,18+/m1/s1. The Kier molecular flexibility index (Phi) is 6.41. The lowest BCUT2D eigenvalue weighted by molar-refractivity contribution is -0.107. The summed E-state index contributed by atoms with van der Waals surface area (Å²) in [6.07, 6.45) is -0.00933. The van der Waals surface area contributed by atoms with E-state index in [-0.39, 0.29) is 12.9 Å². The van der Waals surface area contributed by atoms with Crippen molar-refractivity contribution in [2.75, 3.05) is 6.79 Å². The molecule has 0 aliphatic heterocycles. The van der Waals surface area contributed by atoms with Gasteiger partial charge in [0.1, 0.15) is 6.79 Å². The Bertz CT molecular complexity index is 496. The third-order valence-electron chi connectivity index (χ3n) is 3.19. The summed E-state index contributed by atoms with van der Waals surface area (Å²) in [6.45, 7) is 2.50. The molecule has 0 heterocycles. The molecule has 2 atom stereocenters. The van der Waals surface area contributed by atoms with Crippen molar-refractivity contribution < 1.29 is 14.6 Å². The molecule has 0 aliphatic rings. The largest absolute Gasteiger partial charge is 0.393 e. The lowest BCUT2D eigenvalue weighted by atomic mass is 10.0. The average molecular weight is 286 g/mol. The summed E-state index contributed by atoms with van der Waals surface area (Å²) in [7, 11) is 0. The molecule has 112 valence electrons. The number of aliphatic hydroxyl groups excluding tert-OH is 1. The molecule has 0 spiro atoms. The summed E-state index contributed by atoms with van der Waals surface area (Å²) in [4.78, 5) is 0. The van der Waals surface area contributed by atoms with E-state index in [1.54, 1.807) is 6.92 Å². The molecule has 0 saturated heterocycles. The van der Waals surface area contributed by atoms with Crippen LogP contribution in [0, 0.1) is 0 Å². The SMILES string of the molecule is C[C@@H](O)C[C@H](OCOCc1ccccc1)c1ccccc1. The van der Waals surface area contributed by atoms with Gasteiger partial charge in [-0.2, -0.15) is 0 Å². The molecule has 0 unspecified atom stereocenters. The molecule has 0 amide bonds. The van der Waals surface area contributed by atoms with E-state index in [1.165, 1.54) is 0 Å². The van der Waals surface area contributed by atoms with Gasteiger partial charge in [0.05, 0.1) is 18.8 Å². The fourth-order valence-electron chi connectivity index (χ4n) is 2.14. The Balaban J connectivity index is 1.82. The summed E-state index contributed by atoms with van der Waals surface area (Å²) >= 11 is 0. The van der Waals surface area contributed by atoms with Crippen LogP contribution in [0.15, 0.2) is 60.7 Å². The zero-order chi connectivity index (χ0) is 14.9. The molecule has 1 N–H and O–H groups in total. The Hall–Kier alpha value is -1.68. The minimum absolute atomic E-state index is 0.151. The van der Waals surface area contributed by atoms with Gasteiger partial charge in [-0.3, -0.25) is 0 Å².